The van der Waals surface area contributed by atoms with E-state index in [0.29, 0.717) is 34.6 Å². The summed E-state index contributed by atoms with van der Waals surface area (Å²) in [4.78, 5) is 31.1. The maximum Gasteiger partial charge on any atom is 0.258 e. The Bertz CT molecular complexity index is 1590. The smallest absolute Gasteiger partial charge is 0.258 e. The van der Waals surface area contributed by atoms with E-state index >= 15 is 0 Å². The topological polar surface area (TPSA) is 64.7 Å². The van der Waals surface area contributed by atoms with Crippen LogP contribution in [0.25, 0.3) is 11.3 Å². The minimum Gasteiger partial charge on any atom is -0.354 e. The maximum atomic E-state index is 13.5. The number of hydrogen-bond acceptors (Lipinski definition) is 4. The number of fused-ring (bicyclic) bond motifs is 1. The Hall–Kier alpha value is -4.68. The molecule has 4 aromatic carbocycles. The van der Waals surface area contributed by atoms with Crippen molar-refractivity contribution in [1.82, 2.24) is 9.80 Å². The van der Waals surface area contributed by atoms with Gasteiger partial charge < -0.3 is 15.5 Å². The number of piperidine rings is 1. The normalized spacial score (nSPS) is 16.0. The summed E-state index contributed by atoms with van der Waals surface area (Å²) >= 11 is 0. The van der Waals surface area contributed by atoms with E-state index in [1.807, 2.05) is 72.8 Å². The highest BCUT2D eigenvalue weighted by molar-refractivity contribution is 6.37. The van der Waals surface area contributed by atoms with Crippen molar-refractivity contribution < 1.29 is 9.59 Å². The molecule has 2 heterocycles. The molecular weight excluding hydrogens is 520 g/mol. The first kappa shape index (κ1) is 27.5. The van der Waals surface area contributed by atoms with Crippen LogP contribution in [-0.2, 0) is 17.9 Å². The summed E-state index contributed by atoms with van der Waals surface area (Å²) in [6, 6.07) is 33.7. The summed E-state index contributed by atoms with van der Waals surface area (Å²) in [5.41, 5.74) is 7.32. The molecule has 2 amide bonds. The van der Waals surface area contributed by atoms with Crippen LogP contribution in [0.15, 0.2) is 103 Å². The van der Waals surface area contributed by atoms with Crippen molar-refractivity contribution >= 4 is 34.5 Å². The van der Waals surface area contributed by atoms with Crippen LogP contribution in [0.4, 0.5) is 11.4 Å². The van der Waals surface area contributed by atoms with Crippen molar-refractivity contribution in [3.63, 3.8) is 0 Å². The van der Waals surface area contributed by atoms with Crippen molar-refractivity contribution in [1.29, 1.82) is 0 Å². The number of carbonyl (C=O) groups excluding carboxylic acids is 2. The minimum atomic E-state index is -0.194. The first-order valence-corrected chi connectivity index (χ1v) is 14.7. The van der Waals surface area contributed by atoms with Gasteiger partial charge in [0.05, 0.1) is 11.3 Å². The van der Waals surface area contributed by atoms with Gasteiger partial charge in [-0.25, -0.2) is 0 Å². The standard InChI is InChI=1S/C36H36N4O2/c1-39(24-26-11-5-2-6-12-26)36(42)29-17-20-32-31(23-29)33(35(41)38-32)34(28-13-7-3-8-14-28)37-30-18-15-27(16-19-30)25-40-21-9-4-10-22-40/h2-3,5-8,11-20,23,37H,4,9-10,21-22,24-25H2,1H3,(H,38,41)/b34-33-. The first-order chi connectivity index (χ1) is 20.5. The Morgan fingerprint density at radius 1 is 0.810 bits per heavy atom. The fourth-order valence-electron chi connectivity index (χ4n) is 5.80. The second kappa shape index (κ2) is 12.5. The van der Waals surface area contributed by atoms with Gasteiger partial charge >= 0.3 is 0 Å². The van der Waals surface area contributed by atoms with Crippen LogP contribution in [-0.4, -0.2) is 41.8 Å². The summed E-state index contributed by atoms with van der Waals surface area (Å²) in [6.07, 6.45) is 3.87. The van der Waals surface area contributed by atoms with Gasteiger partial charge in [-0.1, -0.05) is 79.2 Å². The molecule has 6 nitrogen and oxygen atoms in total. The van der Waals surface area contributed by atoms with Gasteiger partial charge in [0.25, 0.3) is 11.8 Å². The quantitative estimate of drug-likeness (QED) is 0.232. The molecule has 42 heavy (non-hydrogen) atoms. The Labute approximate surface area is 247 Å². The third-order valence-corrected chi connectivity index (χ3v) is 8.01. The molecule has 1 fully saturated rings. The molecule has 6 heteroatoms. The molecule has 4 aromatic rings. The third-order valence-electron chi connectivity index (χ3n) is 8.01. The molecule has 212 valence electrons. The van der Waals surface area contributed by atoms with E-state index in [0.717, 1.165) is 36.4 Å². The minimum absolute atomic E-state index is 0.0983. The number of carbonyl (C=O) groups is 2. The van der Waals surface area contributed by atoms with Crippen molar-refractivity contribution in [3.05, 3.63) is 131 Å². The van der Waals surface area contributed by atoms with E-state index in [9.17, 15) is 9.59 Å². The molecule has 0 aromatic heterocycles. The van der Waals surface area contributed by atoms with Crippen LogP contribution in [0.1, 0.15) is 51.9 Å². The van der Waals surface area contributed by atoms with Crippen LogP contribution >= 0.6 is 0 Å². The molecular formula is C36H36N4O2. The highest BCUT2D eigenvalue weighted by atomic mass is 16.2. The number of likely N-dealkylation sites (tertiary alicyclic amines) is 1. The molecule has 0 atom stereocenters. The molecule has 6 rings (SSSR count). The lowest BCUT2D eigenvalue weighted by Gasteiger charge is -2.26. The molecule has 2 aliphatic rings. The van der Waals surface area contributed by atoms with Gasteiger partial charge in [-0.3, -0.25) is 14.5 Å². The largest absolute Gasteiger partial charge is 0.354 e. The van der Waals surface area contributed by atoms with Crippen LogP contribution in [0.2, 0.25) is 0 Å². The van der Waals surface area contributed by atoms with E-state index in [1.54, 1.807) is 18.0 Å². The van der Waals surface area contributed by atoms with Gasteiger partial charge in [-0.05, 0) is 73.0 Å². The zero-order chi connectivity index (χ0) is 28.9. The van der Waals surface area contributed by atoms with Crippen molar-refractivity contribution in [2.75, 3.05) is 30.8 Å². The summed E-state index contributed by atoms with van der Waals surface area (Å²) < 4.78 is 0. The van der Waals surface area contributed by atoms with E-state index in [1.165, 1.54) is 24.8 Å². The van der Waals surface area contributed by atoms with Gasteiger partial charge in [-0.2, -0.15) is 0 Å². The Balaban J connectivity index is 1.31. The highest BCUT2D eigenvalue weighted by Crippen LogP contribution is 2.38. The van der Waals surface area contributed by atoms with Gasteiger partial charge in [0.1, 0.15) is 0 Å². The lowest BCUT2D eigenvalue weighted by atomic mass is 9.98. The van der Waals surface area contributed by atoms with Crippen molar-refractivity contribution in [3.8, 4) is 0 Å². The van der Waals surface area contributed by atoms with Gasteiger partial charge in [-0.15, -0.1) is 0 Å². The average molecular weight is 557 g/mol. The molecule has 0 saturated carbocycles. The number of nitrogens with zero attached hydrogens (tertiary/aromatic N) is 2. The number of benzene rings is 4. The third kappa shape index (κ3) is 6.14. The van der Waals surface area contributed by atoms with E-state index in [-0.39, 0.29) is 11.8 Å². The molecule has 1 saturated heterocycles. The fourth-order valence-corrected chi connectivity index (χ4v) is 5.80. The second-order valence-electron chi connectivity index (χ2n) is 11.1. The molecule has 2 aliphatic heterocycles. The second-order valence-corrected chi connectivity index (χ2v) is 11.1. The summed E-state index contributed by atoms with van der Waals surface area (Å²) in [7, 11) is 1.80. The monoisotopic (exact) mass is 556 g/mol. The molecule has 0 radical (unpaired) electrons. The predicted molar refractivity (Wildman–Crippen MR) is 170 cm³/mol. The summed E-state index contributed by atoms with van der Waals surface area (Å²) in [6.45, 7) is 3.77. The number of amides is 2. The van der Waals surface area contributed by atoms with Crippen LogP contribution < -0.4 is 10.6 Å². The fraction of sp³-hybridized carbons (Fsp3) is 0.222. The number of hydrogen-bond donors (Lipinski definition) is 2. The molecule has 0 bridgehead atoms. The zero-order valence-electron chi connectivity index (χ0n) is 24.0. The van der Waals surface area contributed by atoms with Gasteiger partial charge in [0.15, 0.2) is 0 Å². The van der Waals surface area contributed by atoms with Crippen molar-refractivity contribution in [2.24, 2.45) is 0 Å². The molecule has 0 aliphatic carbocycles. The van der Waals surface area contributed by atoms with E-state index in [2.05, 4.69) is 39.8 Å². The highest BCUT2D eigenvalue weighted by Gasteiger charge is 2.30. The number of rotatable bonds is 8. The Kier molecular flexibility index (Phi) is 8.15. The lowest BCUT2D eigenvalue weighted by Crippen LogP contribution is -2.29. The maximum absolute atomic E-state index is 13.5. The number of anilines is 2. The molecule has 2 N–H and O–H groups in total. The molecule has 0 spiro atoms. The SMILES string of the molecule is CN(Cc1ccccc1)C(=O)c1ccc2c(c1)/C(=C(/Nc1ccc(CN3CCCCC3)cc1)c1ccccc1)C(=O)N2. The number of nitrogens with one attached hydrogen (secondary N) is 2. The summed E-state index contributed by atoms with van der Waals surface area (Å²) in [5.74, 6) is -0.292. The zero-order valence-corrected chi connectivity index (χ0v) is 24.0. The predicted octanol–water partition coefficient (Wildman–Crippen LogP) is 6.88. The average Bonchev–Trinajstić information content (AvgIpc) is 3.36. The Morgan fingerprint density at radius 2 is 1.50 bits per heavy atom. The Morgan fingerprint density at radius 3 is 2.21 bits per heavy atom. The van der Waals surface area contributed by atoms with Gasteiger partial charge in [0, 0.05) is 42.6 Å². The van der Waals surface area contributed by atoms with E-state index in [4.69, 9.17) is 0 Å². The van der Waals surface area contributed by atoms with Crippen LogP contribution in [0.3, 0.4) is 0 Å². The van der Waals surface area contributed by atoms with Crippen molar-refractivity contribution in [2.45, 2.75) is 32.4 Å². The first-order valence-electron chi connectivity index (χ1n) is 14.7. The van der Waals surface area contributed by atoms with Gasteiger partial charge in [0.2, 0.25) is 0 Å². The summed E-state index contributed by atoms with van der Waals surface area (Å²) in [5, 5.41) is 6.56. The van der Waals surface area contributed by atoms with E-state index < -0.39 is 0 Å². The van der Waals surface area contributed by atoms with Crippen LogP contribution in [0.5, 0.6) is 0 Å². The molecule has 0 unspecified atom stereocenters. The lowest BCUT2D eigenvalue weighted by molar-refractivity contribution is -0.110. The van der Waals surface area contributed by atoms with Crippen LogP contribution in [0, 0.1) is 0 Å².